The van der Waals surface area contributed by atoms with Crippen LogP contribution in [0.1, 0.15) is 0 Å². The van der Waals surface area contributed by atoms with Gasteiger partial charge in [-0.15, -0.1) is 0 Å². The van der Waals surface area contributed by atoms with Crippen molar-refractivity contribution in [1.82, 2.24) is 4.98 Å². The predicted octanol–water partition coefficient (Wildman–Crippen LogP) is 3.98. The van der Waals surface area contributed by atoms with Crippen LogP contribution in [0.2, 0.25) is 0 Å². The third-order valence-electron chi connectivity index (χ3n) is 1.86. The van der Waals surface area contributed by atoms with Gasteiger partial charge in [0.1, 0.15) is 11.5 Å². The molecule has 0 radical (unpaired) electrons. The Morgan fingerprint density at radius 1 is 1.19 bits per heavy atom. The summed E-state index contributed by atoms with van der Waals surface area (Å²) in [5.74, 6) is 1.38. The summed E-state index contributed by atoms with van der Waals surface area (Å²) in [6.45, 7) is 0. The SMILES string of the molecule is Nc1cc(Br)cc(Oc2ccncc2Br)c1. The molecule has 0 aliphatic heterocycles. The molecule has 2 rings (SSSR count). The van der Waals surface area contributed by atoms with Crippen LogP contribution >= 0.6 is 31.9 Å². The van der Waals surface area contributed by atoms with Crippen LogP contribution < -0.4 is 10.5 Å². The molecule has 1 aromatic heterocycles. The average molecular weight is 344 g/mol. The first kappa shape index (κ1) is 11.4. The van der Waals surface area contributed by atoms with Gasteiger partial charge in [0.05, 0.1) is 4.47 Å². The lowest BCUT2D eigenvalue weighted by Gasteiger charge is -2.08. The standard InChI is InChI=1S/C11H8Br2N2O/c12-7-3-8(14)5-9(4-7)16-11-1-2-15-6-10(11)13/h1-6H,14H2. The molecule has 0 spiro atoms. The van der Waals surface area contributed by atoms with Crippen molar-refractivity contribution in [2.45, 2.75) is 0 Å². The summed E-state index contributed by atoms with van der Waals surface area (Å²) in [4.78, 5) is 3.96. The number of halogens is 2. The molecule has 0 bridgehead atoms. The number of anilines is 1. The van der Waals surface area contributed by atoms with E-state index in [1.165, 1.54) is 0 Å². The zero-order valence-corrected chi connectivity index (χ0v) is 11.3. The van der Waals surface area contributed by atoms with Gasteiger partial charge in [-0.25, -0.2) is 0 Å². The summed E-state index contributed by atoms with van der Waals surface area (Å²) >= 11 is 6.72. The van der Waals surface area contributed by atoms with Gasteiger partial charge in [0.2, 0.25) is 0 Å². The number of pyridine rings is 1. The van der Waals surface area contributed by atoms with Crippen LogP contribution in [0.15, 0.2) is 45.6 Å². The largest absolute Gasteiger partial charge is 0.456 e. The number of nitrogens with two attached hydrogens (primary N) is 1. The molecule has 0 fully saturated rings. The lowest BCUT2D eigenvalue weighted by atomic mass is 10.3. The fraction of sp³-hybridized carbons (Fsp3) is 0. The van der Waals surface area contributed by atoms with E-state index in [2.05, 4.69) is 36.8 Å². The van der Waals surface area contributed by atoms with Gasteiger partial charge in [0, 0.05) is 34.7 Å². The van der Waals surface area contributed by atoms with E-state index < -0.39 is 0 Å². The highest BCUT2D eigenvalue weighted by Crippen LogP contribution is 2.31. The number of ether oxygens (including phenoxy) is 1. The van der Waals surface area contributed by atoms with Gasteiger partial charge < -0.3 is 10.5 Å². The smallest absolute Gasteiger partial charge is 0.144 e. The molecule has 3 nitrogen and oxygen atoms in total. The zero-order chi connectivity index (χ0) is 11.5. The second kappa shape index (κ2) is 4.84. The molecule has 1 aromatic carbocycles. The van der Waals surface area contributed by atoms with E-state index >= 15 is 0 Å². The first-order chi connectivity index (χ1) is 7.65. The van der Waals surface area contributed by atoms with Gasteiger partial charge in [-0.3, -0.25) is 4.98 Å². The lowest BCUT2D eigenvalue weighted by molar-refractivity contribution is 0.479. The third kappa shape index (κ3) is 2.74. The van der Waals surface area contributed by atoms with Gasteiger partial charge in [-0.05, 0) is 28.1 Å². The zero-order valence-electron chi connectivity index (χ0n) is 8.15. The number of rotatable bonds is 2. The second-order valence-corrected chi connectivity index (χ2v) is 4.90. The molecule has 0 amide bonds. The van der Waals surface area contributed by atoms with Crippen molar-refractivity contribution in [2.24, 2.45) is 0 Å². The van der Waals surface area contributed by atoms with Crippen molar-refractivity contribution < 1.29 is 4.74 Å². The maximum atomic E-state index is 5.72. The molecule has 82 valence electrons. The quantitative estimate of drug-likeness (QED) is 0.839. The normalized spacial score (nSPS) is 10.1. The van der Waals surface area contributed by atoms with Gasteiger partial charge in [0.25, 0.3) is 0 Å². The van der Waals surface area contributed by atoms with E-state index in [9.17, 15) is 0 Å². The van der Waals surface area contributed by atoms with Gasteiger partial charge in [-0.2, -0.15) is 0 Å². The maximum absolute atomic E-state index is 5.72. The summed E-state index contributed by atoms with van der Waals surface area (Å²) in [7, 11) is 0. The fourth-order valence-corrected chi connectivity index (χ4v) is 2.04. The second-order valence-electron chi connectivity index (χ2n) is 3.13. The predicted molar refractivity (Wildman–Crippen MR) is 70.6 cm³/mol. The Kier molecular flexibility index (Phi) is 3.46. The Morgan fingerprint density at radius 2 is 2.00 bits per heavy atom. The molecular weight excluding hydrogens is 336 g/mol. The molecule has 0 aliphatic rings. The highest BCUT2D eigenvalue weighted by Gasteiger charge is 2.03. The van der Waals surface area contributed by atoms with Crippen molar-refractivity contribution in [3.05, 3.63) is 45.6 Å². The number of nitrogen functional groups attached to an aromatic ring is 1. The van der Waals surface area contributed by atoms with Crippen LogP contribution in [0.25, 0.3) is 0 Å². The minimum atomic E-state index is 0.648. The van der Waals surface area contributed by atoms with Crippen molar-refractivity contribution in [3.8, 4) is 11.5 Å². The first-order valence-electron chi connectivity index (χ1n) is 4.48. The third-order valence-corrected chi connectivity index (χ3v) is 2.91. The van der Waals surface area contributed by atoms with Crippen molar-refractivity contribution in [2.75, 3.05) is 5.73 Å². The van der Waals surface area contributed by atoms with Crippen molar-refractivity contribution >= 4 is 37.5 Å². The van der Waals surface area contributed by atoms with E-state index in [0.717, 1.165) is 8.95 Å². The van der Waals surface area contributed by atoms with Crippen LogP contribution in [-0.2, 0) is 0 Å². The van der Waals surface area contributed by atoms with Crippen LogP contribution in [0, 0.1) is 0 Å². The molecular formula is C11H8Br2N2O. The number of hydrogen-bond acceptors (Lipinski definition) is 3. The van der Waals surface area contributed by atoms with Crippen molar-refractivity contribution in [3.63, 3.8) is 0 Å². The minimum Gasteiger partial charge on any atom is -0.456 e. The van der Waals surface area contributed by atoms with E-state index in [1.54, 1.807) is 24.5 Å². The monoisotopic (exact) mass is 342 g/mol. The molecule has 16 heavy (non-hydrogen) atoms. The topological polar surface area (TPSA) is 48.1 Å². The molecule has 1 heterocycles. The summed E-state index contributed by atoms with van der Waals surface area (Å²) in [5.41, 5.74) is 6.36. The Labute approximate surface area is 110 Å². The molecule has 0 atom stereocenters. The van der Waals surface area contributed by atoms with Gasteiger partial charge in [0.15, 0.2) is 0 Å². The lowest BCUT2D eigenvalue weighted by Crippen LogP contribution is -1.89. The van der Waals surface area contributed by atoms with Crippen LogP contribution in [0.5, 0.6) is 11.5 Å². The molecule has 5 heteroatoms. The molecule has 0 unspecified atom stereocenters. The van der Waals surface area contributed by atoms with Crippen LogP contribution in [0.4, 0.5) is 5.69 Å². The van der Waals surface area contributed by atoms with E-state index in [4.69, 9.17) is 10.5 Å². The Hall–Kier alpha value is -1.07. The summed E-state index contributed by atoms with van der Waals surface area (Å²) < 4.78 is 7.36. The molecule has 2 N–H and O–H groups in total. The molecule has 0 saturated carbocycles. The number of nitrogens with zero attached hydrogens (tertiary/aromatic N) is 1. The molecule has 0 aliphatic carbocycles. The maximum Gasteiger partial charge on any atom is 0.144 e. The molecule has 2 aromatic rings. The first-order valence-corrected chi connectivity index (χ1v) is 6.07. The van der Waals surface area contributed by atoms with Gasteiger partial charge in [-0.1, -0.05) is 15.9 Å². The highest BCUT2D eigenvalue weighted by atomic mass is 79.9. The van der Waals surface area contributed by atoms with Crippen LogP contribution in [-0.4, -0.2) is 4.98 Å². The Balaban J connectivity index is 2.30. The highest BCUT2D eigenvalue weighted by molar-refractivity contribution is 9.10. The number of aromatic nitrogens is 1. The summed E-state index contributed by atoms with van der Waals surface area (Å²) in [6, 6.07) is 7.20. The van der Waals surface area contributed by atoms with Crippen molar-refractivity contribution in [1.29, 1.82) is 0 Å². The summed E-state index contributed by atoms with van der Waals surface area (Å²) in [5, 5.41) is 0. The Morgan fingerprint density at radius 3 is 2.69 bits per heavy atom. The van der Waals surface area contributed by atoms with Crippen LogP contribution in [0.3, 0.4) is 0 Å². The van der Waals surface area contributed by atoms with E-state index in [1.807, 2.05) is 12.1 Å². The molecule has 0 saturated heterocycles. The Bertz CT molecular complexity index is 497. The summed E-state index contributed by atoms with van der Waals surface area (Å²) in [6.07, 6.45) is 3.35. The number of hydrogen-bond donors (Lipinski definition) is 1. The van der Waals surface area contributed by atoms with Gasteiger partial charge >= 0.3 is 0 Å². The van der Waals surface area contributed by atoms with E-state index in [-0.39, 0.29) is 0 Å². The van der Waals surface area contributed by atoms with E-state index in [0.29, 0.717) is 17.2 Å². The fourth-order valence-electron chi connectivity index (χ4n) is 1.22. The average Bonchev–Trinajstić information content (AvgIpc) is 2.20. The number of benzene rings is 1. The minimum absolute atomic E-state index is 0.648.